The van der Waals surface area contributed by atoms with Gasteiger partial charge in [-0.2, -0.15) is 0 Å². The molecule has 1 unspecified atom stereocenters. The van der Waals surface area contributed by atoms with Crippen LogP contribution < -0.4 is 25.2 Å². The number of hydrogen-bond donors (Lipinski definition) is 1. The Morgan fingerprint density at radius 2 is 1.90 bits per heavy atom. The Hall–Kier alpha value is -3.96. The van der Waals surface area contributed by atoms with Crippen molar-refractivity contribution >= 4 is 32.7 Å². The van der Waals surface area contributed by atoms with Gasteiger partial charge >= 0.3 is 0 Å². The Kier molecular flexibility index (Phi) is 7.87. The maximum atomic E-state index is 14.1. The van der Waals surface area contributed by atoms with Crippen LogP contribution in [0.2, 0.25) is 0 Å². The molecule has 1 aliphatic carbocycles. The average Bonchev–Trinajstić information content (AvgIpc) is 3.41. The summed E-state index contributed by atoms with van der Waals surface area (Å²) < 4.78 is 18.3. The molecule has 10 nitrogen and oxygen atoms in total. The SMILES string of the molecule is COCC1(c2nc3sc(N4CCCC4C(=O)NCc4ccccc4)nc3c(=O)n2Cc2ccc(OC)cc2OC)CC1. The minimum atomic E-state index is -0.345. The number of rotatable bonds is 11. The molecule has 1 aliphatic heterocycles. The minimum Gasteiger partial charge on any atom is -0.497 e. The van der Waals surface area contributed by atoms with Gasteiger partial charge in [-0.25, -0.2) is 9.97 Å². The predicted octanol–water partition coefficient (Wildman–Crippen LogP) is 3.88. The largest absolute Gasteiger partial charge is 0.497 e. The lowest BCUT2D eigenvalue weighted by molar-refractivity contribution is -0.122. The number of nitrogens with zero attached hydrogens (tertiary/aromatic N) is 4. The van der Waals surface area contributed by atoms with Crippen molar-refractivity contribution in [3.05, 3.63) is 75.8 Å². The van der Waals surface area contributed by atoms with E-state index < -0.39 is 0 Å². The number of nitrogens with one attached hydrogen (secondary N) is 1. The molecule has 11 heteroatoms. The number of methoxy groups -OCH3 is 3. The van der Waals surface area contributed by atoms with Gasteiger partial charge in [0.25, 0.3) is 5.56 Å². The molecular formula is C31H35N5O5S. The van der Waals surface area contributed by atoms with Crippen molar-refractivity contribution in [3.63, 3.8) is 0 Å². The van der Waals surface area contributed by atoms with Crippen LogP contribution in [0.1, 0.15) is 42.6 Å². The van der Waals surface area contributed by atoms with E-state index in [2.05, 4.69) is 5.32 Å². The molecule has 1 amide bonds. The van der Waals surface area contributed by atoms with Crippen LogP contribution in [0.5, 0.6) is 11.5 Å². The van der Waals surface area contributed by atoms with Crippen LogP contribution in [-0.4, -0.2) is 61.0 Å². The van der Waals surface area contributed by atoms with Gasteiger partial charge in [0.05, 0.1) is 32.8 Å². The number of hydrogen-bond acceptors (Lipinski definition) is 9. The first-order valence-corrected chi connectivity index (χ1v) is 15.0. The lowest BCUT2D eigenvalue weighted by Crippen LogP contribution is -2.43. The van der Waals surface area contributed by atoms with Crippen LogP contribution in [0.15, 0.2) is 53.3 Å². The van der Waals surface area contributed by atoms with E-state index in [1.807, 2.05) is 53.4 Å². The first-order valence-electron chi connectivity index (χ1n) is 14.2. The molecule has 1 N–H and O–H groups in total. The topological polar surface area (TPSA) is 108 Å². The number of aromatic nitrogens is 3. The third kappa shape index (κ3) is 5.34. The Bertz CT molecular complexity index is 1650. The molecule has 1 saturated carbocycles. The smallest absolute Gasteiger partial charge is 0.281 e. The van der Waals surface area contributed by atoms with E-state index in [1.165, 1.54) is 11.3 Å². The van der Waals surface area contributed by atoms with Crippen LogP contribution >= 0.6 is 11.3 Å². The van der Waals surface area contributed by atoms with Crippen molar-refractivity contribution in [1.82, 2.24) is 19.9 Å². The quantitative estimate of drug-likeness (QED) is 0.281. The average molecular weight is 590 g/mol. The summed E-state index contributed by atoms with van der Waals surface area (Å²) >= 11 is 1.38. The summed E-state index contributed by atoms with van der Waals surface area (Å²) in [5.41, 5.74) is 1.67. The molecule has 2 fully saturated rings. The molecule has 0 bridgehead atoms. The molecule has 4 aromatic rings. The maximum Gasteiger partial charge on any atom is 0.281 e. The van der Waals surface area contributed by atoms with Crippen LogP contribution in [0.3, 0.4) is 0 Å². The Morgan fingerprint density at radius 3 is 2.62 bits per heavy atom. The van der Waals surface area contributed by atoms with Gasteiger partial charge in [-0.3, -0.25) is 14.2 Å². The third-order valence-corrected chi connectivity index (χ3v) is 9.18. The number of carbonyl (C=O) groups excluding carboxylic acids is 1. The van der Waals surface area contributed by atoms with Gasteiger partial charge in [0, 0.05) is 31.8 Å². The van der Waals surface area contributed by atoms with E-state index in [1.54, 1.807) is 25.9 Å². The van der Waals surface area contributed by atoms with Gasteiger partial charge in [0.15, 0.2) is 15.5 Å². The molecule has 6 rings (SSSR count). The molecule has 1 atom stereocenters. The van der Waals surface area contributed by atoms with Crippen molar-refractivity contribution in [1.29, 1.82) is 0 Å². The van der Waals surface area contributed by atoms with E-state index in [9.17, 15) is 9.59 Å². The van der Waals surface area contributed by atoms with Crippen LogP contribution in [0, 0.1) is 0 Å². The van der Waals surface area contributed by atoms with Gasteiger partial charge in [-0.15, -0.1) is 0 Å². The Labute approximate surface area is 248 Å². The molecule has 0 radical (unpaired) electrons. The van der Waals surface area contributed by atoms with E-state index in [4.69, 9.17) is 24.2 Å². The molecule has 1 saturated heterocycles. The van der Waals surface area contributed by atoms with Gasteiger partial charge in [0.2, 0.25) is 5.91 Å². The van der Waals surface area contributed by atoms with Gasteiger partial charge in [-0.1, -0.05) is 41.7 Å². The number of carbonyl (C=O) groups is 1. The monoisotopic (exact) mass is 589 g/mol. The molecule has 220 valence electrons. The second kappa shape index (κ2) is 11.7. The fourth-order valence-electron chi connectivity index (χ4n) is 5.75. The molecule has 2 aliphatic rings. The number of thiazole rings is 1. The highest BCUT2D eigenvalue weighted by Gasteiger charge is 2.48. The van der Waals surface area contributed by atoms with E-state index >= 15 is 0 Å². The van der Waals surface area contributed by atoms with Crippen LogP contribution in [-0.2, 0) is 28.0 Å². The van der Waals surface area contributed by atoms with Crippen molar-refractivity contribution in [2.75, 3.05) is 39.4 Å². The first-order chi connectivity index (χ1) is 20.5. The highest BCUT2D eigenvalue weighted by Crippen LogP contribution is 2.48. The Balaban J connectivity index is 1.35. The summed E-state index contributed by atoms with van der Waals surface area (Å²) in [6.07, 6.45) is 3.38. The van der Waals surface area contributed by atoms with E-state index in [0.29, 0.717) is 52.5 Å². The van der Waals surface area contributed by atoms with Crippen LogP contribution in [0.4, 0.5) is 5.13 Å². The van der Waals surface area contributed by atoms with Crippen molar-refractivity contribution in [2.45, 2.75) is 50.2 Å². The minimum absolute atomic E-state index is 0.0368. The first kappa shape index (κ1) is 28.2. The highest BCUT2D eigenvalue weighted by atomic mass is 32.1. The number of fused-ring (bicyclic) bond motifs is 1. The number of anilines is 1. The summed E-state index contributed by atoms with van der Waals surface area (Å²) in [5.74, 6) is 1.97. The summed E-state index contributed by atoms with van der Waals surface area (Å²) in [5, 5.41) is 3.72. The second-order valence-electron chi connectivity index (χ2n) is 10.9. The number of ether oxygens (including phenoxy) is 3. The summed E-state index contributed by atoms with van der Waals surface area (Å²) in [6, 6.07) is 15.1. The zero-order valence-electron chi connectivity index (χ0n) is 24.1. The molecular weight excluding hydrogens is 554 g/mol. The third-order valence-electron chi connectivity index (χ3n) is 8.19. The fraction of sp³-hybridized carbons (Fsp3) is 0.419. The van der Waals surface area contributed by atoms with Crippen molar-refractivity contribution in [3.8, 4) is 11.5 Å². The van der Waals surface area contributed by atoms with Crippen molar-refractivity contribution in [2.24, 2.45) is 0 Å². The second-order valence-corrected chi connectivity index (χ2v) is 11.9. The summed E-state index contributed by atoms with van der Waals surface area (Å²) in [7, 11) is 4.88. The normalized spacial score (nSPS) is 17.4. The predicted molar refractivity (Wildman–Crippen MR) is 162 cm³/mol. The van der Waals surface area contributed by atoms with E-state index in [-0.39, 0.29) is 29.5 Å². The zero-order chi connectivity index (χ0) is 29.3. The number of amides is 1. The molecule has 42 heavy (non-hydrogen) atoms. The lowest BCUT2D eigenvalue weighted by Gasteiger charge is -2.23. The summed E-state index contributed by atoms with van der Waals surface area (Å²) in [4.78, 5) is 39.8. The maximum absolute atomic E-state index is 14.1. The van der Waals surface area contributed by atoms with Crippen LogP contribution in [0.25, 0.3) is 10.3 Å². The van der Waals surface area contributed by atoms with Crippen molar-refractivity contribution < 1.29 is 19.0 Å². The zero-order valence-corrected chi connectivity index (χ0v) is 24.9. The fourth-order valence-corrected chi connectivity index (χ4v) is 6.76. The van der Waals surface area contributed by atoms with Gasteiger partial charge in [0.1, 0.15) is 23.4 Å². The Morgan fingerprint density at radius 1 is 1.10 bits per heavy atom. The summed E-state index contributed by atoms with van der Waals surface area (Å²) in [6.45, 7) is 1.92. The molecule has 2 aromatic carbocycles. The molecule has 3 heterocycles. The molecule has 2 aromatic heterocycles. The van der Waals surface area contributed by atoms with E-state index in [0.717, 1.165) is 36.8 Å². The van der Waals surface area contributed by atoms with Gasteiger partial charge < -0.3 is 24.4 Å². The lowest BCUT2D eigenvalue weighted by atomic mass is 10.1. The number of benzene rings is 2. The van der Waals surface area contributed by atoms with Gasteiger partial charge in [-0.05, 0) is 43.4 Å². The molecule has 0 spiro atoms. The standard InChI is InChI=1S/C31H35N5O5S/c1-39-19-31(13-14-31)29-34-27-25(28(38)36(29)18-21-11-12-22(40-2)16-24(21)41-3)33-30(42-27)35-15-7-10-23(35)26(37)32-17-20-8-5-4-6-9-20/h4-6,8-9,11-12,16,23H,7,10,13-15,17-19H2,1-3H3,(H,32,37). The highest BCUT2D eigenvalue weighted by molar-refractivity contribution is 7.21.